The number of fused-ring (bicyclic) bond motifs is 2. The molecule has 0 aliphatic carbocycles. The molecular formula is C20H20N2O3. The van der Waals surface area contributed by atoms with E-state index in [0.29, 0.717) is 24.2 Å². The zero-order chi connectivity index (χ0) is 17.4. The minimum atomic E-state index is -0.178. The first-order valence-corrected chi connectivity index (χ1v) is 8.51. The Morgan fingerprint density at radius 2 is 1.68 bits per heavy atom. The van der Waals surface area contributed by atoms with Crippen LogP contribution in [0.2, 0.25) is 0 Å². The van der Waals surface area contributed by atoms with Crippen LogP contribution in [0.25, 0.3) is 0 Å². The molecule has 5 nitrogen and oxygen atoms in total. The van der Waals surface area contributed by atoms with E-state index >= 15 is 0 Å². The van der Waals surface area contributed by atoms with Gasteiger partial charge < -0.3 is 4.74 Å². The van der Waals surface area contributed by atoms with Crippen LogP contribution in [-0.4, -0.2) is 48.4 Å². The molecule has 2 amide bonds. The van der Waals surface area contributed by atoms with Crippen molar-refractivity contribution in [2.24, 2.45) is 0 Å². The maximum absolute atomic E-state index is 12.4. The number of methoxy groups -OCH3 is 1. The Hall–Kier alpha value is -2.66. The SMILES string of the molecule is COc1ccc2c(c1)CCN(CCN1C(=O)c3ccccc3C1=O)C2. The Morgan fingerprint density at radius 3 is 2.36 bits per heavy atom. The van der Waals surface area contributed by atoms with E-state index in [9.17, 15) is 9.59 Å². The summed E-state index contributed by atoms with van der Waals surface area (Å²) in [7, 11) is 1.68. The second-order valence-electron chi connectivity index (χ2n) is 6.47. The second kappa shape index (κ2) is 6.33. The molecule has 0 atom stereocenters. The van der Waals surface area contributed by atoms with Gasteiger partial charge in [-0.25, -0.2) is 0 Å². The number of hydrogen-bond donors (Lipinski definition) is 0. The second-order valence-corrected chi connectivity index (χ2v) is 6.47. The summed E-state index contributed by atoms with van der Waals surface area (Å²) in [4.78, 5) is 28.5. The molecule has 2 aliphatic heterocycles. The molecule has 2 aromatic rings. The summed E-state index contributed by atoms with van der Waals surface area (Å²) in [6.07, 6.45) is 0.953. The molecule has 4 rings (SSSR count). The number of imide groups is 1. The highest BCUT2D eigenvalue weighted by Crippen LogP contribution is 2.25. The van der Waals surface area contributed by atoms with Crippen molar-refractivity contribution in [2.45, 2.75) is 13.0 Å². The Balaban J connectivity index is 1.41. The fourth-order valence-electron chi connectivity index (χ4n) is 3.59. The number of hydrogen-bond acceptors (Lipinski definition) is 4. The van der Waals surface area contributed by atoms with Crippen molar-refractivity contribution < 1.29 is 14.3 Å². The molecule has 128 valence electrons. The summed E-state index contributed by atoms with van der Waals surface area (Å²) in [5.41, 5.74) is 3.64. The highest BCUT2D eigenvalue weighted by Gasteiger charge is 2.35. The maximum Gasteiger partial charge on any atom is 0.261 e. The highest BCUT2D eigenvalue weighted by molar-refractivity contribution is 6.21. The van der Waals surface area contributed by atoms with Crippen molar-refractivity contribution in [3.05, 3.63) is 64.7 Å². The van der Waals surface area contributed by atoms with Crippen LogP contribution in [0.3, 0.4) is 0 Å². The van der Waals surface area contributed by atoms with Crippen LogP contribution in [0.1, 0.15) is 31.8 Å². The van der Waals surface area contributed by atoms with Crippen LogP contribution in [0.5, 0.6) is 5.75 Å². The van der Waals surface area contributed by atoms with Gasteiger partial charge in [0, 0.05) is 26.2 Å². The fourth-order valence-corrected chi connectivity index (χ4v) is 3.59. The van der Waals surface area contributed by atoms with E-state index in [0.717, 1.165) is 25.3 Å². The normalized spacial score (nSPS) is 16.8. The summed E-state index contributed by atoms with van der Waals surface area (Å²) in [5.74, 6) is 0.531. The van der Waals surface area contributed by atoms with Crippen LogP contribution >= 0.6 is 0 Å². The van der Waals surface area contributed by atoms with E-state index in [-0.39, 0.29) is 11.8 Å². The number of benzene rings is 2. The molecule has 2 aromatic carbocycles. The molecule has 0 saturated heterocycles. The summed E-state index contributed by atoms with van der Waals surface area (Å²) >= 11 is 0. The van der Waals surface area contributed by atoms with E-state index in [1.165, 1.54) is 16.0 Å². The van der Waals surface area contributed by atoms with Crippen LogP contribution in [0.4, 0.5) is 0 Å². The highest BCUT2D eigenvalue weighted by atomic mass is 16.5. The molecule has 25 heavy (non-hydrogen) atoms. The third kappa shape index (κ3) is 2.81. The van der Waals surface area contributed by atoms with Crippen LogP contribution in [0, 0.1) is 0 Å². The van der Waals surface area contributed by atoms with Gasteiger partial charge in [-0.3, -0.25) is 19.4 Å². The lowest BCUT2D eigenvalue weighted by molar-refractivity contribution is 0.0633. The van der Waals surface area contributed by atoms with Crippen molar-refractivity contribution in [1.82, 2.24) is 9.80 Å². The lowest BCUT2D eigenvalue weighted by Crippen LogP contribution is -2.40. The van der Waals surface area contributed by atoms with Crippen LogP contribution in [-0.2, 0) is 13.0 Å². The Morgan fingerprint density at radius 1 is 0.960 bits per heavy atom. The van der Waals surface area contributed by atoms with E-state index in [1.807, 2.05) is 6.07 Å². The molecule has 2 aliphatic rings. The van der Waals surface area contributed by atoms with Crippen molar-refractivity contribution >= 4 is 11.8 Å². The Bertz CT molecular complexity index is 812. The predicted octanol–water partition coefficient (Wildman–Crippen LogP) is 2.35. The lowest BCUT2D eigenvalue weighted by Gasteiger charge is -2.30. The molecule has 0 N–H and O–H groups in total. The van der Waals surface area contributed by atoms with Gasteiger partial charge in [0.25, 0.3) is 11.8 Å². The first kappa shape index (κ1) is 15.8. The van der Waals surface area contributed by atoms with Crippen molar-refractivity contribution in [3.8, 4) is 5.75 Å². The monoisotopic (exact) mass is 336 g/mol. The van der Waals surface area contributed by atoms with Gasteiger partial charge in [-0.15, -0.1) is 0 Å². The lowest BCUT2D eigenvalue weighted by atomic mass is 9.99. The van der Waals surface area contributed by atoms with Crippen molar-refractivity contribution in [1.29, 1.82) is 0 Å². The first-order chi connectivity index (χ1) is 12.2. The first-order valence-electron chi connectivity index (χ1n) is 8.51. The third-order valence-electron chi connectivity index (χ3n) is 5.02. The third-order valence-corrected chi connectivity index (χ3v) is 5.02. The van der Waals surface area contributed by atoms with Crippen molar-refractivity contribution in [2.75, 3.05) is 26.7 Å². The van der Waals surface area contributed by atoms with Gasteiger partial charge in [-0.2, -0.15) is 0 Å². The van der Waals surface area contributed by atoms with Crippen LogP contribution < -0.4 is 4.74 Å². The topological polar surface area (TPSA) is 49.9 Å². The average molecular weight is 336 g/mol. The molecule has 2 heterocycles. The van der Waals surface area contributed by atoms with Gasteiger partial charge in [0.05, 0.1) is 18.2 Å². The number of rotatable bonds is 4. The molecular weight excluding hydrogens is 316 g/mol. The quantitative estimate of drug-likeness (QED) is 0.804. The van der Waals surface area contributed by atoms with Gasteiger partial charge in [-0.1, -0.05) is 18.2 Å². The minimum Gasteiger partial charge on any atom is -0.497 e. The molecule has 0 bridgehead atoms. The summed E-state index contributed by atoms with van der Waals surface area (Å²) in [5, 5.41) is 0. The van der Waals surface area contributed by atoms with E-state index in [2.05, 4.69) is 17.0 Å². The van der Waals surface area contributed by atoms with Gasteiger partial charge in [0.15, 0.2) is 0 Å². The number of nitrogens with zero attached hydrogens (tertiary/aromatic N) is 2. The average Bonchev–Trinajstić information content (AvgIpc) is 2.90. The number of carbonyl (C=O) groups excluding carboxylic acids is 2. The zero-order valence-electron chi connectivity index (χ0n) is 14.2. The van der Waals surface area contributed by atoms with Gasteiger partial charge >= 0.3 is 0 Å². The molecule has 0 unspecified atom stereocenters. The molecule has 0 saturated carbocycles. The molecule has 0 spiro atoms. The smallest absolute Gasteiger partial charge is 0.261 e. The Labute approximate surface area is 146 Å². The van der Waals surface area contributed by atoms with Crippen LogP contribution in [0.15, 0.2) is 42.5 Å². The van der Waals surface area contributed by atoms with E-state index in [4.69, 9.17) is 4.74 Å². The predicted molar refractivity (Wildman–Crippen MR) is 93.8 cm³/mol. The summed E-state index contributed by atoms with van der Waals surface area (Å²) in [6, 6.07) is 13.2. The van der Waals surface area contributed by atoms with Gasteiger partial charge in [0.1, 0.15) is 5.75 Å². The standard InChI is InChI=1S/C20H20N2O3/c1-25-16-7-6-15-13-21(9-8-14(15)12-16)10-11-22-19(23)17-4-2-3-5-18(17)20(22)24/h2-7,12H,8-11,13H2,1H3. The minimum absolute atomic E-state index is 0.178. The Kier molecular flexibility index (Phi) is 4.01. The van der Waals surface area contributed by atoms with Gasteiger partial charge in [0.2, 0.25) is 0 Å². The molecule has 5 heteroatoms. The number of amides is 2. The summed E-state index contributed by atoms with van der Waals surface area (Å²) in [6.45, 7) is 2.88. The van der Waals surface area contributed by atoms with Crippen molar-refractivity contribution in [3.63, 3.8) is 0 Å². The molecule has 0 aromatic heterocycles. The van der Waals surface area contributed by atoms with E-state index in [1.54, 1.807) is 31.4 Å². The fraction of sp³-hybridized carbons (Fsp3) is 0.300. The number of ether oxygens (including phenoxy) is 1. The summed E-state index contributed by atoms with van der Waals surface area (Å²) < 4.78 is 5.28. The van der Waals surface area contributed by atoms with Gasteiger partial charge in [-0.05, 0) is 41.8 Å². The zero-order valence-corrected chi connectivity index (χ0v) is 14.2. The molecule has 0 radical (unpaired) electrons. The maximum atomic E-state index is 12.4. The van der Waals surface area contributed by atoms with E-state index < -0.39 is 0 Å². The number of carbonyl (C=O) groups is 2. The molecule has 0 fully saturated rings. The largest absolute Gasteiger partial charge is 0.497 e.